The van der Waals surface area contributed by atoms with Crippen LogP contribution in [0.25, 0.3) is 0 Å². The van der Waals surface area contributed by atoms with E-state index in [0.717, 1.165) is 15.2 Å². The highest BCUT2D eigenvalue weighted by Crippen LogP contribution is 2.16. The molecule has 0 bridgehead atoms. The Bertz CT molecular complexity index is 1000. The van der Waals surface area contributed by atoms with Crippen LogP contribution in [0.15, 0.2) is 60.1 Å². The van der Waals surface area contributed by atoms with E-state index >= 15 is 0 Å². The Balaban J connectivity index is 1.75. The molecule has 25 heavy (non-hydrogen) atoms. The summed E-state index contributed by atoms with van der Waals surface area (Å²) in [7, 11) is -1.87. The summed E-state index contributed by atoms with van der Waals surface area (Å²) in [6.45, 7) is 2.16. The van der Waals surface area contributed by atoms with E-state index in [1.165, 1.54) is 18.5 Å². The molecule has 0 radical (unpaired) electrons. The SMILES string of the molecule is Cc1ccc(S(=O)(=O)n2ccc(C(=O)NCc3cn(C)cn3)c2)cc1. The highest BCUT2D eigenvalue weighted by molar-refractivity contribution is 7.90. The summed E-state index contributed by atoms with van der Waals surface area (Å²) in [4.78, 5) is 16.5. The van der Waals surface area contributed by atoms with Gasteiger partial charge >= 0.3 is 0 Å². The first-order chi connectivity index (χ1) is 11.9. The summed E-state index contributed by atoms with van der Waals surface area (Å²) in [6, 6.07) is 8.03. The van der Waals surface area contributed by atoms with Gasteiger partial charge in [-0.15, -0.1) is 0 Å². The maximum Gasteiger partial charge on any atom is 0.267 e. The van der Waals surface area contributed by atoms with Crippen LogP contribution in [0.3, 0.4) is 0 Å². The molecular formula is C17H18N4O3S. The lowest BCUT2D eigenvalue weighted by atomic mass is 10.2. The van der Waals surface area contributed by atoms with Gasteiger partial charge in [-0.1, -0.05) is 17.7 Å². The molecule has 1 amide bonds. The van der Waals surface area contributed by atoms with Gasteiger partial charge in [0.1, 0.15) is 0 Å². The van der Waals surface area contributed by atoms with Gasteiger partial charge in [0.25, 0.3) is 15.9 Å². The maximum absolute atomic E-state index is 12.6. The predicted octanol–water partition coefficient (Wildman–Crippen LogP) is 1.70. The summed E-state index contributed by atoms with van der Waals surface area (Å²) in [5.74, 6) is -0.358. The van der Waals surface area contributed by atoms with E-state index in [-0.39, 0.29) is 22.9 Å². The Morgan fingerprint density at radius 3 is 2.52 bits per heavy atom. The minimum atomic E-state index is -3.71. The van der Waals surface area contributed by atoms with E-state index in [1.807, 2.05) is 14.0 Å². The first-order valence-corrected chi connectivity index (χ1v) is 9.05. The van der Waals surface area contributed by atoms with Crippen molar-refractivity contribution in [1.82, 2.24) is 18.8 Å². The number of benzene rings is 1. The molecule has 2 aromatic heterocycles. The van der Waals surface area contributed by atoms with E-state index in [0.29, 0.717) is 0 Å². The normalized spacial score (nSPS) is 11.4. The zero-order valence-corrected chi connectivity index (χ0v) is 14.7. The van der Waals surface area contributed by atoms with Gasteiger partial charge in [-0.25, -0.2) is 17.4 Å². The molecule has 0 aliphatic carbocycles. The van der Waals surface area contributed by atoms with Crippen LogP contribution in [0.2, 0.25) is 0 Å². The number of rotatable bonds is 5. The van der Waals surface area contributed by atoms with Crippen LogP contribution in [0.1, 0.15) is 21.6 Å². The number of nitrogens with zero attached hydrogens (tertiary/aromatic N) is 3. The molecule has 130 valence electrons. The minimum absolute atomic E-state index is 0.175. The molecule has 1 aromatic carbocycles. The topological polar surface area (TPSA) is 86.0 Å². The minimum Gasteiger partial charge on any atom is -0.346 e. The van der Waals surface area contributed by atoms with Gasteiger partial charge in [-0.2, -0.15) is 0 Å². The summed E-state index contributed by atoms with van der Waals surface area (Å²) in [5.41, 5.74) is 1.97. The average Bonchev–Trinajstić information content (AvgIpc) is 3.22. The summed E-state index contributed by atoms with van der Waals surface area (Å²) >= 11 is 0. The molecule has 0 unspecified atom stereocenters. The molecule has 0 aliphatic rings. The molecule has 1 N–H and O–H groups in total. The van der Waals surface area contributed by atoms with Crippen LogP contribution >= 0.6 is 0 Å². The average molecular weight is 358 g/mol. The van der Waals surface area contributed by atoms with Crippen LogP contribution < -0.4 is 5.32 Å². The first-order valence-electron chi connectivity index (χ1n) is 7.61. The van der Waals surface area contributed by atoms with Crippen LogP contribution in [0, 0.1) is 6.92 Å². The molecule has 3 rings (SSSR count). The third-order valence-electron chi connectivity index (χ3n) is 3.71. The lowest BCUT2D eigenvalue weighted by molar-refractivity contribution is 0.0950. The molecule has 0 saturated heterocycles. The van der Waals surface area contributed by atoms with Crippen LogP contribution in [-0.4, -0.2) is 27.8 Å². The number of hydrogen-bond donors (Lipinski definition) is 1. The molecule has 0 saturated carbocycles. The third-order valence-corrected chi connectivity index (χ3v) is 5.36. The number of carbonyl (C=O) groups is 1. The summed E-state index contributed by atoms with van der Waals surface area (Å²) in [5, 5.41) is 2.72. The van der Waals surface area contributed by atoms with Crippen molar-refractivity contribution in [3.8, 4) is 0 Å². The highest BCUT2D eigenvalue weighted by Gasteiger charge is 2.18. The molecular weight excluding hydrogens is 340 g/mol. The molecule has 7 nitrogen and oxygen atoms in total. The number of aromatic nitrogens is 3. The van der Waals surface area contributed by atoms with E-state index in [4.69, 9.17) is 0 Å². The summed E-state index contributed by atoms with van der Waals surface area (Å²) < 4.78 is 28.0. The second-order valence-corrected chi connectivity index (χ2v) is 7.60. The summed E-state index contributed by atoms with van der Waals surface area (Å²) in [6.07, 6.45) is 6.12. The Hall–Kier alpha value is -2.87. The van der Waals surface area contributed by atoms with Crippen molar-refractivity contribution in [2.75, 3.05) is 0 Å². The molecule has 2 heterocycles. The Kier molecular flexibility index (Phi) is 4.45. The Morgan fingerprint density at radius 1 is 1.16 bits per heavy atom. The van der Waals surface area contributed by atoms with Crippen LogP contribution in [0.4, 0.5) is 0 Å². The van der Waals surface area contributed by atoms with Gasteiger partial charge in [-0.3, -0.25) is 4.79 Å². The van der Waals surface area contributed by atoms with Gasteiger partial charge in [0, 0.05) is 25.6 Å². The fourth-order valence-electron chi connectivity index (χ4n) is 2.32. The fourth-order valence-corrected chi connectivity index (χ4v) is 3.52. The number of hydrogen-bond acceptors (Lipinski definition) is 4. The number of aryl methyl sites for hydroxylation is 2. The van der Waals surface area contributed by atoms with E-state index in [1.54, 1.807) is 41.4 Å². The van der Waals surface area contributed by atoms with Crippen molar-refractivity contribution >= 4 is 15.9 Å². The van der Waals surface area contributed by atoms with Crippen LogP contribution in [0.5, 0.6) is 0 Å². The van der Waals surface area contributed by atoms with Gasteiger partial charge in [-0.05, 0) is 25.1 Å². The van der Waals surface area contributed by atoms with Gasteiger partial charge in [0.15, 0.2) is 0 Å². The van der Waals surface area contributed by atoms with E-state index in [9.17, 15) is 13.2 Å². The largest absolute Gasteiger partial charge is 0.346 e. The molecule has 0 atom stereocenters. The lowest BCUT2D eigenvalue weighted by Crippen LogP contribution is -2.22. The smallest absolute Gasteiger partial charge is 0.267 e. The van der Waals surface area contributed by atoms with E-state index in [2.05, 4.69) is 10.3 Å². The number of nitrogens with one attached hydrogen (secondary N) is 1. The maximum atomic E-state index is 12.6. The second kappa shape index (κ2) is 6.56. The van der Waals surface area contributed by atoms with E-state index < -0.39 is 10.0 Å². The fraction of sp³-hybridized carbons (Fsp3) is 0.176. The van der Waals surface area contributed by atoms with Crippen molar-refractivity contribution in [3.63, 3.8) is 0 Å². The number of amides is 1. The van der Waals surface area contributed by atoms with Crippen molar-refractivity contribution < 1.29 is 13.2 Å². The quantitative estimate of drug-likeness (QED) is 0.752. The molecule has 3 aromatic rings. The van der Waals surface area contributed by atoms with Gasteiger partial charge < -0.3 is 9.88 Å². The molecule has 8 heteroatoms. The van der Waals surface area contributed by atoms with Gasteiger partial charge in [0.2, 0.25) is 0 Å². The standard InChI is InChI=1S/C17H18N4O3S/c1-13-3-5-16(6-4-13)25(23,24)21-8-7-14(10-21)17(22)18-9-15-11-20(2)12-19-15/h3-8,10-12H,9H2,1-2H3,(H,18,22). The van der Waals surface area contributed by atoms with Crippen molar-refractivity contribution in [1.29, 1.82) is 0 Å². The Labute approximate surface area is 146 Å². The third kappa shape index (κ3) is 3.63. The van der Waals surface area contributed by atoms with Gasteiger partial charge in [0.05, 0.1) is 29.0 Å². The first kappa shape index (κ1) is 17.0. The second-order valence-electron chi connectivity index (χ2n) is 5.76. The Morgan fingerprint density at radius 2 is 1.88 bits per heavy atom. The molecule has 0 fully saturated rings. The zero-order valence-electron chi connectivity index (χ0n) is 13.9. The molecule has 0 spiro atoms. The predicted molar refractivity (Wildman–Crippen MR) is 92.6 cm³/mol. The molecule has 0 aliphatic heterocycles. The highest BCUT2D eigenvalue weighted by atomic mass is 32.2. The number of carbonyl (C=O) groups excluding carboxylic acids is 1. The van der Waals surface area contributed by atoms with Crippen LogP contribution in [-0.2, 0) is 23.6 Å². The van der Waals surface area contributed by atoms with Crippen molar-refractivity contribution in [2.45, 2.75) is 18.4 Å². The monoisotopic (exact) mass is 358 g/mol. The number of imidazole rings is 1. The van der Waals surface area contributed by atoms with Crippen molar-refractivity contribution in [2.24, 2.45) is 7.05 Å². The van der Waals surface area contributed by atoms with Crippen molar-refractivity contribution in [3.05, 3.63) is 72.1 Å². The zero-order chi connectivity index (χ0) is 18.0. The lowest BCUT2D eigenvalue weighted by Gasteiger charge is -2.06.